The number of ether oxygens (including phenoxy) is 1. The molecule has 1 atom stereocenters. The number of aliphatic hydroxyl groups is 1. The third kappa shape index (κ3) is 2.59. The fourth-order valence-corrected chi connectivity index (χ4v) is 1.43. The monoisotopic (exact) mass is 219 g/mol. The van der Waals surface area contributed by atoms with E-state index in [4.69, 9.17) is 10.00 Å². The molecule has 1 aromatic rings. The molecular weight excluding hydrogens is 206 g/mol. The number of rotatable bonds is 4. The summed E-state index contributed by atoms with van der Waals surface area (Å²) in [4.78, 5) is 11.0. The number of Topliss-reactive ketones (excluding diaryl/α,β-unsaturated/α-hetero) is 1. The normalized spacial score (nSPS) is 13.6. The summed E-state index contributed by atoms with van der Waals surface area (Å²) >= 11 is 0. The maximum Gasteiger partial charge on any atom is 0.183 e. The molecule has 16 heavy (non-hydrogen) atoms. The Morgan fingerprint density at radius 3 is 2.44 bits per heavy atom. The summed E-state index contributed by atoms with van der Waals surface area (Å²) < 4.78 is 4.97. The Bertz CT molecular complexity index is 419. The van der Waals surface area contributed by atoms with E-state index in [1.807, 2.05) is 0 Å². The highest BCUT2D eigenvalue weighted by Crippen LogP contribution is 2.26. The van der Waals surface area contributed by atoms with Crippen molar-refractivity contribution in [3.8, 4) is 11.8 Å². The number of hydrogen-bond donors (Lipinski definition) is 1. The lowest BCUT2D eigenvalue weighted by Gasteiger charge is -2.19. The van der Waals surface area contributed by atoms with Crippen molar-refractivity contribution in [2.24, 2.45) is 0 Å². The molecule has 0 radical (unpaired) electrons. The molecule has 0 aromatic heterocycles. The number of hydrogen-bond acceptors (Lipinski definition) is 4. The predicted molar refractivity (Wildman–Crippen MR) is 57.8 cm³/mol. The molecule has 1 N–H and O–H groups in total. The molecule has 0 aliphatic carbocycles. The summed E-state index contributed by atoms with van der Waals surface area (Å²) in [5, 5.41) is 18.9. The number of carbonyl (C=O) groups excluding carboxylic acids is 1. The largest absolute Gasteiger partial charge is 0.497 e. The Balaban J connectivity index is 3.04. The molecular formula is C12H13NO3. The average Bonchev–Trinajstić information content (AvgIpc) is 2.28. The summed E-state index contributed by atoms with van der Waals surface area (Å²) in [6.45, 7) is 1.34. The summed E-state index contributed by atoms with van der Waals surface area (Å²) in [5.41, 5.74) is -1.36. The molecule has 0 amide bonds. The Kier molecular flexibility index (Phi) is 3.64. The third-order valence-electron chi connectivity index (χ3n) is 2.26. The van der Waals surface area contributed by atoms with Gasteiger partial charge in [-0.2, -0.15) is 5.26 Å². The fourth-order valence-electron chi connectivity index (χ4n) is 1.43. The lowest BCUT2D eigenvalue weighted by Crippen LogP contribution is -2.26. The molecule has 1 rings (SSSR count). The first-order valence-corrected chi connectivity index (χ1v) is 4.79. The van der Waals surface area contributed by atoms with Gasteiger partial charge in [-0.1, -0.05) is 12.1 Å². The van der Waals surface area contributed by atoms with Crippen LogP contribution in [0.5, 0.6) is 5.75 Å². The highest BCUT2D eigenvalue weighted by atomic mass is 16.5. The zero-order valence-electron chi connectivity index (χ0n) is 9.23. The maximum atomic E-state index is 11.0. The van der Waals surface area contributed by atoms with Gasteiger partial charge in [0.1, 0.15) is 17.6 Å². The van der Waals surface area contributed by atoms with E-state index in [0.717, 1.165) is 0 Å². The molecule has 0 spiro atoms. The zero-order chi connectivity index (χ0) is 12.2. The minimum Gasteiger partial charge on any atom is -0.497 e. The van der Waals surface area contributed by atoms with Gasteiger partial charge in [0.2, 0.25) is 0 Å². The van der Waals surface area contributed by atoms with E-state index < -0.39 is 5.60 Å². The van der Waals surface area contributed by atoms with Crippen molar-refractivity contribution >= 4 is 5.78 Å². The molecule has 0 saturated heterocycles. The zero-order valence-corrected chi connectivity index (χ0v) is 9.23. The number of ketones is 1. The first-order chi connectivity index (χ1) is 7.51. The molecule has 0 heterocycles. The second-order valence-corrected chi connectivity index (χ2v) is 3.58. The van der Waals surface area contributed by atoms with Gasteiger partial charge < -0.3 is 9.84 Å². The number of nitriles is 1. The van der Waals surface area contributed by atoms with Gasteiger partial charge in [0, 0.05) is 0 Å². The molecule has 0 aliphatic rings. The van der Waals surface area contributed by atoms with Gasteiger partial charge in [0.15, 0.2) is 5.60 Å². The minimum absolute atomic E-state index is 0.212. The van der Waals surface area contributed by atoms with E-state index in [-0.39, 0.29) is 12.2 Å². The number of benzene rings is 1. The van der Waals surface area contributed by atoms with Gasteiger partial charge in [-0.25, -0.2) is 0 Å². The fraction of sp³-hybridized carbons (Fsp3) is 0.333. The van der Waals surface area contributed by atoms with E-state index in [0.29, 0.717) is 11.3 Å². The van der Waals surface area contributed by atoms with Crippen LogP contribution in [0.25, 0.3) is 0 Å². The van der Waals surface area contributed by atoms with Crippen LogP contribution in [0.15, 0.2) is 24.3 Å². The minimum atomic E-state index is -1.75. The molecule has 0 saturated carbocycles. The smallest absolute Gasteiger partial charge is 0.183 e. The molecule has 0 aliphatic heterocycles. The van der Waals surface area contributed by atoms with E-state index in [1.54, 1.807) is 30.3 Å². The van der Waals surface area contributed by atoms with Gasteiger partial charge in [-0.15, -0.1) is 0 Å². The highest BCUT2D eigenvalue weighted by molar-refractivity contribution is 5.77. The molecule has 0 fully saturated rings. The summed E-state index contributed by atoms with van der Waals surface area (Å²) in [6.07, 6.45) is -0.212. The van der Waals surface area contributed by atoms with Crippen LogP contribution in [0.1, 0.15) is 18.9 Å². The second kappa shape index (κ2) is 4.77. The molecule has 0 bridgehead atoms. The van der Waals surface area contributed by atoms with Crippen LogP contribution < -0.4 is 4.74 Å². The Morgan fingerprint density at radius 1 is 1.50 bits per heavy atom. The van der Waals surface area contributed by atoms with E-state index in [9.17, 15) is 9.90 Å². The summed E-state index contributed by atoms with van der Waals surface area (Å²) in [7, 11) is 1.53. The van der Waals surface area contributed by atoms with Crippen molar-refractivity contribution in [1.29, 1.82) is 5.26 Å². The van der Waals surface area contributed by atoms with Gasteiger partial charge in [0.25, 0.3) is 0 Å². The highest BCUT2D eigenvalue weighted by Gasteiger charge is 2.30. The van der Waals surface area contributed by atoms with Crippen LogP contribution in [-0.4, -0.2) is 18.0 Å². The van der Waals surface area contributed by atoms with Crippen LogP contribution in [0.4, 0.5) is 0 Å². The van der Waals surface area contributed by atoms with Crippen molar-refractivity contribution in [3.63, 3.8) is 0 Å². The molecule has 1 aromatic carbocycles. The maximum absolute atomic E-state index is 11.0. The summed E-state index contributed by atoms with van der Waals surface area (Å²) in [6, 6.07) is 8.18. The lowest BCUT2D eigenvalue weighted by atomic mass is 9.90. The number of nitrogens with zero attached hydrogens (tertiary/aromatic N) is 1. The topological polar surface area (TPSA) is 70.3 Å². The van der Waals surface area contributed by atoms with Crippen LogP contribution in [0.2, 0.25) is 0 Å². The van der Waals surface area contributed by atoms with Crippen LogP contribution in [0, 0.1) is 11.3 Å². The Labute approximate surface area is 94.1 Å². The Morgan fingerprint density at radius 2 is 2.06 bits per heavy atom. The van der Waals surface area contributed by atoms with Crippen LogP contribution in [-0.2, 0) is 10.4 Å². The number of methoxy groups -OCH3 is 1. The SMILES string of the molecule is COc1ccc(C(O)(C#N)CC(C)=O)cc1. The van der Waals surface area contributed by atoms with Crippen molar-refractivity contribution in [2.45, 2.75) is 18.9 Å². The molecule has 4 heteroatoms. The van der Waals surface area contributed by atoms with Crippen LogP contribution >= 0.6 is 0 Å². The van der Waals surface area contributed by atoms with Crippen molar-refractivity contribution < 1.29 is 14.6 Å². The molecule has 84 valence electrons. The van der Waals surface area contributed by atoms with Gasteiger partial charge in [-0.3, -0.25) is 4.79 Å². The Hall–Kier alpha value is -1.86. The third-order valence-corrected chi connectivity index (χ3v) is 2.26. The van der Waals surface area contributed by atoms with E-state index in [1.165, 1.54) is 14.0 Å². The van der Waals surface area contributed by atoms with Crippen molar-refractivity contribution in [1.82, 2.24) is 0 Å². The number of carbonyl (C=O) groups is 1. The van der Waals surface area contributed by atoms with Crippen molar-refractivity contribution in [3.05, 3.63) is 29.8 Å². The lowest BCUT2D eigenvalue weighted by molar-refractivity contribution is -0.120. The first-order valence-electron chi connectivity index (χ1n) is 4.79. The standard InChI is InChI=1S/C12H13NO3/c1-9(14)7-12(15,8-13)10-3-5-11(16-2)6-4-10/h3-6,15H,7H2,1-2H3. The first kappa shape index (κ1) is 12.2. The predicted octanol–water partition coefficient (Wildman–Crippen LogP) is 1.39. The van der Waals surface area contributed by atoms with Gasteiger partial charge in [-0.05, 0) is 24.6 Å². The van der Waals surface area contributed by atoms with Gasteiger partial charge in [0.05, 0.1) is 13.5 Å². The average molecular weight is 219 g/mol. The van der Waals surface area contributed by atoms with Crippen molar-refractivity contribution in [2.75, 3.05) is 7.11 Å². The van der Waals surface area contributed by atoms with Gasteiger partial charge >= 0.3 is 0 Å². The van der Waals surface area contributed by atoms with E-state index >= 15 is 0 Å². The molecule has 1 unspecified atom stereocenters. The summed E-state index contributed by atoms with van der Waals surface area (Å²) in [5.74, 6) is 0.395. The quantitative estimate of drug-likeness (QED) is 0.777. The second-order valence-electron chi connectivity index (χ2n) is 3.58. The van der Waals surface area contributed by atoms with E-state index in [2.05, 4.69) is 0 Å². The van der Waals surface area contributed by atoms with Crippen LogP contribution in [0.3, 0.4) is 0 Å². The molecule has 4 nitrogen and oxygen atoms in total.